The van der Waals surface area contributed by atoms with Crippen LogP contribution in [0.25, 0.3) is 5.82 Å². The number of carbonyl (C=O) groups excluding carboxylic acids is 1. The van der Waals surface area contributed by atoms with Gasteiger partial charge in [0, 0.05) is 46.6 Å². The smallest absolute Gasteiger partial charge is 0.242 e. The lowest BCUT2D eigenvalue weighted by atomic mass is 9.84. The molecule has 5 rings (SSSR count). The van der Waals surface area contributed by atoms with E-state index in [1.807, 2.05) is 42.6 Å². The van der Waals surface area contributed by atoms with Crippen molar-refractivity contribution in [2.45, 2.75) is 57.7 Å². The quantitative estimate of drug-likeness (QED) is 0.164. The van der Waals surface area contributed by atoms with Crippen molar-refractivity contribution in [1.82, 2.24) is 24.8 Å². The Morgan fingerprint density at radius 3 is 2.56 bits per heavy atom. The van der Waals surface area contributed by atoms with Crippen LogP contribution in [0.15, 0.2) is 67.3 Å². The summed E-state index contributed by atoms with van der Waals surface area (Å²) in [5, 5.41) is 11.5. The van der Waals surface area contributed by atoms with Crippen molar-refractivity contribution < 1.29 is 4.79 Å². The van der Waals surface area contributed by atoms with Crippen LogP contribution in [-0.4, -0.2) is 31.5 Å². The molecular formula is C30H32Cl3N7O. The summed E-state index contributed by atoms with van der Waals surface area (Å²) < 4.78 is 1.80. The van der Waals surface area contributed by atoms with Gasteiger partial charge in [-0.2, -0.15) is 9.97 Å². The molecule has 1 atom stereocenters. The number of benzene rings is 2. The fraction of sp³-hybridized carbons (Fsp3) is 0.333. The molecule has 2 aromatic carbocycles. The van der Waals surface area contributed by atoms with E-state index < -0.39 is 6.04 Å². The summed E-state index contributed by atoms with van der Waals surface area (Å²) in [6.45, 7) is 0.787. The highest BCUT2D eigenvalue weighted by Crippen LogP contribution is 2.29. The lowest BCUT2D eigenvalue weighted by Crippen LogP contribution is -2.41. The highest BCUT2D eigenvalue weighted by atomic mass is 35.5. The SMILES string of the molecule is O=C(NCc1ccc(Cl)cc1Cl)C(CC1CCCCC1)Nc1cc(-n2ccnc2)nc(NCc2cccc(Cl)c2)n1. The molecule has 11 heteroatoms. The Morgan fingerprint density at radius 1 is 0.976 bits per heavy atom. The van der Waals surface area contributed by atoms with E-state index >= 15 is 0 Å². The minimum atomic E-state index is -0.490. The van der Waals surface area contributed by atoms with Crippen molar-refractivity contribution in [1.29, 1.82) is 0 Å². The number of nitrogens with one attached hydrogen (secondary N) is 3. The van der Waals surface area contributed by atoms with Crippen LogP contribution in [0.1, 0.15) is 49.7 Å². The Labute approximate surface area is 254 Å². The van der Waals surface area contributed by atoms with Crippen LogP contribution in [0.3, 0.4) is 0 Å². The van der Waals surface area contributed by atoms with Gasteiger partial charge in [0.25, 0.3) is 0 Å². The summed E-state index contributed by atoms with van der Waals surface area (Å²) in [6, 6.07) is 14.2. The highest BCUT2D eigenvalue weighted by Gasteiger charge is 2.25. The molecule has 2 aromatic heterocycles. The van der Waals surface area contributed by atoms with E-state index in [2.05, 4.69) is 25.9 Å². The van der Waals surface area contributed by atoms with E-state index in [1.54, 1.807) is 29.2 Å². The number of amides is 1. The molecule has 1 aliphatic rings. The molecule has 1 fully saturated rings. The summed E-state index contributed by atoms with van der Waals surface area (Å²) in [7, 11) is 0. The van der Waals surface area contributed by atoms with Crippen LogP contribution in [0.2, 0.25) is 15.1 Å². The number of hydrogen-bond acceptors (Lipinski definition) is 6. The van der Waals surface area contributed by atoms with Gasteiger partial charge in [0.15, 0.2) is 0 Å². The summed E-state index contributed by atoms with van der Waals surface area (Å²) in [6.07, 6.45) is 11.7. The van der Waals surface area contributed by atoms with E-state index in [-0.39, 0.29) is 5.91 Å². The molecule has 4 aromatic rings. The molecule has 0 spiro atoms. The molecule has 214 valence electrons. The number of aromatic nitrogens is 4. The molecule has 0 radical (unpaired) electrons. The first-order valence-corrected chi connectivity index (χ1v) is 14.9. The van der Waals surface area contributed by atoms with Crippen molar-refractivity contribution in [3.05, 3.63) is 93.4 Å². The van der Waals surface area contributed by atoms with Crippen molar-refractivity contribution >= 4 is 52.5 Å². The second-order valence-corrected chi connectivity index (χ2v) is 11.6. The van der Waals surface area contributed by atoms with Gasteiger partial charge in [-0.1, -0.05) is 85.1 Å². The van der Waals surface area contributed by atoms with Crippen molar-refractivity contribution in [2.24, 2.45) is 5.92 Å². The minimum Gasteiger partial charge on any atom is -0.358 e. The molecule has 8 nitrogen and oxygen atoms in total. The van der Waals surface area contributed by atoms with Gasteiger partial charge in [0.1, 0.15) is 24.0 Å². The zero-order valence-electron chi connectivity index (χ0n) is 22.5. The molecule has 1 amide bonds. The number of carbonyl (C=O) groups is 1. The number of hydrogen-bond donors (Lipinski definition) is 3. The van der Waals surface area contributed by atoms with Gasteiger partial charge >= 0.3 is 0 Å². The molecule has 41 heavy (non-hydrogen) atoms. The molecule has 2 heterocycles. The first kappa shape index (κ1) is 29.2. The monoisotopic (exact) mass is 611 g/mol. The Morgan fingerprint density at radius 2 is 1.80 bits per heavy atom. The molecule has 3 N–H and O–H groups in total. The van der Waals surface area contributed by atoms with Crippen molar-refractivity contribution in [2.75, 3.05) is 10.6 Å². The van der Waals surface area contributed by atoms with Gasteiger partial charge in [0.05, 0.1) is 0 Å². The van der Waals surface area contributed by atoms with Crippen LogP contribution >= 0.6 is 34.8 Å². The third kappa shape index (κ3) is 8.35. The summed E-state index contributed by atoms with van der Waals surface area (Å²) in [5.74, 6) is 1.93. The second-order valence-electron chi connectivity index (χ2n) is 10.3. The lowest BCUT2D eigenvalue weighted by Gasteiger charge is -2.27. The fourth-order valence-corrected chi connectivity index (χ4v) is 5.77. The van der Waals surface area contributed by atoms with Crippen LogP contribution in [0.5, 0.6) is 0 Å². The number of halogens is 3. The van der Waals surface area contributed by atoms with Gasteiger partial charge in [0.2, 0.25) is 11.9 Å². The molecule has 0 aliphatic heterocycles. The predicted molar refractivity (Wildman–Crippen MR) is 165 cm³/mol. The second kappa shape index (κ2) is 14.0. The number of rotatable bonds is 11. The van der Waals surface area contributed by atoms with Crippen molar-refractivity contribution in [3.63, 3.8) is 0 Å². The Bertz CT molecular complexity index is 1460. The molecule has 1 unspecified atom stereocenters. The van der Waals surface area contributed by atoms with Crippen LogP contribution < -0.4 is 16.0 Å². The standard InChI is InChI=1S/C30H32Cl3N7O/c31-23-8-4-7-21(13-23)17-36-30-38-27(16-28(39-30)40-12-11-34-19-40)37-26(14-20-5-2-1-3-6-20)29(41)35-18-22-9-10-24(32)15-25(22)33/h4,7-13,15-16,19-20,26H,1-3,5-6,14,17-18H2,(H,35,41)(H2,36,37,38,39). The summed E-state index contributed by atoms with van der Waals surface area (Å²) >= 11 is 18.6. The third-order valence-electron chi connectivity index (χ3n) is 7.22. The third-order valence-corrected chi connectivity index (χ3v) is 8.04. The van der Waals surface area contributed by atoms with E-state index in [9.17, 15) is 4.79 Å². The Hall–Kier alpha value is -3.33. The molecule has 0 bridgehead atoms. The van der Waals surface area contributed by atoms with E-state index in [1.165, 1.54) is 19.3 Å². The maximum Gasteiger partial charge on any atom is 0.242 e. The minimum absolute atomic E-state index is 0.113. The number of nitrogens with zero attached hydrogens (tertiary/aromatic N) is 4. The first-order valence-electron chi connectivity index (χ1n) is 13.8. The van der Waals surface area contributed by atoms with E-state index in [0.29, 0.717) is 58.1 Å². The van der Waals surface area contributed by atoms with Gasteiger partial charge in [-0.25, -0.2) is 4.98 Å². The normalized spacial score (nSPS) is 14.4. The maximum atomic E-state index is 13.6. The number of imidazole rings is 1. The average Bonchev–Trinajstić information content (AvgIpc) is 3.51. The van der Waals surface area contributed by atoms with E-state index in [4.69, 9.17) is 39.8 Å². The zero-order chi connectivity index (χ0) is 28.6. The Kier molecular flexibility index (Phi) is 9.98. The maximum absolute atomic E-state index is 13.6. The van der Waals surface area contributed by atoms with Gasteiger partial charge in [-0.15, -0.1) is 0 Å². The van der Waals surface area contributed by atoms with E-state index in [0.717, 1.165) is 24.0 Å². The molecule has 1 aliphatic carbocycles. The number of anilines is 2. The summed E-state index contributed by atoms with van der Waals surface area (Å²) in [4.78, 5) is 27.1. The summed E-state index contributed by atoms with van der Waals surface area (Å²) in [5.41, 5.74) is 1.80. The lowest BCUT2D eigenvalue weighted by molar-refractivity contribution is -0.122. The van der Waals surface area contributed by atoms with Gasteiger partial charge < -0.3 is 16.0 Å². The predicted octanol–water partition coefficient (Wildman–Crippen LogP) is 7.30. The molecular weight excluding hydrogens is 581 g/mol. The van der Waals surface area contributed by atoms with Crippen LogP contribution in [-0.2, 0) is 17.9 Å². The first-order chi connectivity index (χ1) is 19.9. The van der Waals surface area contributed by atoms with Gasteiger partial charge in [-0.3, -0.25) is 9.36 Å². The Balaban J connectivity index is 1.37. The fourth-order valence-electron chi connectivity index (χ4n) is 5.08. The average molecular weight is 613 g/mol. The highest BCUT2D eigenvalue weighted by molar-refractivity contribution is 6.35. The largest absolute Gasteiger partial charge is 0.358 e. The van der Waals surface area contributed by atoms with Crippen molar-refractivity contribution in [3.8, 4) is 5.82 Å². The van der Waals surface area contributed by atoms with Crippen LogP contribution in [0, 0.1) is 5.92 Å². The zero-order valence-corrected chi connectivity index (χ0v) is 24.8. The van der Waals surface area contributed by atoms with Gasteiger partial charge in [-0.05, 0) is 47.7 Å². The molecule has 0 saturated heterocycles. The molecule has 1 saturated carbocycles. The van der Waals surface area contributed by atoms with Crippen LogP contribution in [0.4, 0.5) is 11.8 Å². The topological polar surface area (TPSA) is 96.8 Å².